The first kappa shape index (κ1) is 31.1. The monoisotopic (exact) mass is 635 g/mol. The molecule has 238 valence electrons. The Labute approximate surface area is 262 Å². The molecule has 10 nitrogen and oxygen atoms in total. The summed E-state index contributed by atoms with van der Waals surface area (Å²) in [6.07, 6.45) is 3.93. The van der Waals surface area contributed by atoms with Crippen LogP contribution in [0.15, 0.2) is 66.0 Å². The number of likely N-dealkylation sites (tertiary alicyclic amines) is 1. The van der Waals surface area contributed by atoms with Gasteiger partial charge in [0.2, 0.25) is 5.91 Å². The van der Waals surface area contributed by atoms with Crippen LogP contribution in [0.3, 0.4) is 0 Å². The van der Waals surface area contributed by atoms with Gasteiger partial charge < -0.3 is 14.8 Å². The van der Waals surface area contributed by atoms with Crippen molar-refractivity contribution in [2.45, 2.75) is 68.4 Å². The van der Waals surface area contributed by atoms with Crippen molar-refractivity contribution in [3.05, 3.63) is 72.2 Å². The van der Waals surface area contributed by atoms with E-state index in [1.807, 2.05) is 44.7 Å². The Hall–Kier alpha value is -3.87. The minimum atomic E-state index is -3.94. The zero-order valence-corrected chi connectivity index (χ0v) is 26.7. The number of aromatic nitrogens is 3. The SMILES string of the molecule is Cc1cc(CC(=O)Nc2cnn(C(C)(C)C)c2)ccc1Oc1ccnc2ccc(S(=O)(=O)C3CCN(C4COC4)CC3F)cc12. The topological polar surface area (TPSA) is 116 Å². The van der Waals surface area contributed by atoms with Gasteiger partial charge in [0.05, 0.1) is 58.8 Å². The minimum absolute atomic E-state index is 0.0482. The van der Waals surface area contributed by atoms with Crippen LogP contribution in [0.2, 0.25) is 0 Å². The van der Waals surface area contributed by atoms with Crippen molar-refractivity contribution in [3.8, 4) is 11.5 Å². The molecule has 0 spiro atoms. The predicted molar refractivity (Wildman–Crippen MR) is 169 cm³/mol. The molecule has 2 fully saturated rings. The maximum Gasteiger partial charge on any atom is 0.228 e. The van der Waals surface area contributed by atoms with Gasteiger partial charge in [0.25, 0.3) is 0 Å². The average Bonchev–Trinajstić information content (AvgIpc) is 3.42. The second kappa shape index (κ2) is 12.1. The molecule has 0 radical (unpaired) electrons. The van der Waals surface area contributed by atoms with E-state index in [9.17, 15) is 13.2 Å². The fraction of sp³-hybridized carbons (Fsp3) is 0.424. The first-order valence-corrected chi connectivity index (χ1v) is 16.6. The number of halogens is 1. The molecule has 0 bridgehead atoms. The number of pyridine rings is 1. The van der Waals surface area contributed by atoms with Crippen LogP contribution < -0.4 is 10.1 Å². The number of sulfone groups is 1. The van der Waals surface area contributed by atoms with Crippen molar-refractivity contribution in [2.75, 3.05) is 31.6 Å². The predicted octanol–water partition coefficient (Wildman–Crippen LogP) is 5.05. The number of anilines is 1. The maximum absolute atomic E-state index is 15.3. The largest absolute Gasteiger partial charge is 0.456 e. The van der Waals surface area contributed by atoms with Crippen molar-refractivity contribution in [2.24, 2.45) is 0 Å². The molecule has 2 unspecified atom stereocenters. The first-order valence-electron chi connectivity index (χ1n) is 15.1. The lowest BCUT2D eigenvalue weighted by molar-refractivity contribution is -0.115. The molecule has 0 aliphatic carbocycles. The van der Waals surface area contributed by atoms with Gasteiger partial charge >= 0.3 is 0 Å². The van der Waals surface area contributed by atoms with E-state index in [2.05, 4.69) is 15.4 Å². The smallest absolute Gasteiger partial charge is 0.228 e. The average molecular weight is 636 g/mol. The highest BCUT2D eigenvalue weighted by Gasteiger charge is 2.42. The molecule has 0 saturated carbocycles. The van der Waals surface area contributed by atoms with Gasteiger partial charge in [-0.25, -0.2) is 12.8 Å². The number of ether oxygens (including phenoxy) is 2. The molecule has 4 aromatic rings. The molecule has 1 N–H and O–H groups in total. The number of fused-ring (bicyclic) bond motifs is 1. The zero-order chi connectivity index (χ0) is 31.9. The van der Waals surface area contributed by atoms with Crippen LogP contribution in [-0.4, -0.2) is 77.8 Å². The quantitative estimate of drug-likeness (QED) is 0.286. The van der Waals surface area contributed by atoms with E-state index in [1.54, 1.807) is 41.5 Å². The Kier molecular flexibility index (Phi) is 8.40. The van der Waals surface area contributed by atoms with E-state index in [-0.39, 0.29) is 41.8 Å². The summed E-state index contributed by atoms with van der Waals surface area (Å²) in [6.45, 7) is 9.70. The summed E-state index contributed by atoms with van der Waals surface area (Å²) < 4.78 is 55.8. The summed E-state index contributed by atoms with van der Waals surface area (Å²) >= 11 is 0. The van der Waals surface area contributed by atoms with Crippen molar-refractivity contribution >= 4 is 32.3 Å². The van der Waals surface area contributed by atoms with Crippen LogP contribution in [-0.2, 0) is 31.3 Å². The molecule has 6 rings (SSSR count). The third-order valence-electron chi connectivity index (χ3n) is 8.43. The third-order valence-corrected chi connectivity index (χ3v) is 10.7. The van der Waals surface area contributed by atoms with Crippen LogP contribution in [0.4, 0.5) is 10.1 Å². The highest BCUT2D eigenvalue weighted by atomic mass is 32.2. The van der Waals surface area contributed by atoms with Crippen molar-refractivity contribution in [3.63, 3.8) is 0 Å². The van der Waals surface area contributed by atoms with Gasteiger partial charge in [-0.2, -0.15) is 5.10 Å². The summed E-state index contributed by atoms with van der Waals surface area (Å²) in [7, 11) is -3.94. The number of benzene rings is 2. The molecule has 1 amide bonds. The number of rotatable bonds is 8. The lowest BCUT2D eigenvalue weighted by atomic mass is 10.1. The lowest BCUT2D eigenvalue weighted by Crippen LogP contribution is -2.57. The number of nitrogens with one attached hydrogen (secondary N) is 1. The Morgan fingerprint density at radius 3 is 2.60 bits per heavy atom. The van der Waals surface area contributed by atoms with E-state index < -0.39 is 21.3 Å². The van der Waals surface area contributed by atoms with Crippen LogP contribution in [0.25, 0.3) is 10.9 Å². The summed E-state index contributed by atoms with van der Waals surface area (Å²) in [4.78, 5) is 19.1. The zero-order valence-electron chi connectivity index (χ0n) is 25.9. The molecule has 2 aromatic heterocycles. The van der Waals surface area contributed by atoms with Crippen LogP contribution in [0.5, 0.6) is 11.5 Å². The number of amides is 1. The number of carbonyl (C=O) groups excluding carboxylic acids is 1. The Bertz CT molecular complexity index is 1830. The van der Waals surface area contributed by atoms with Crippen molar-refractivity contribution < 1.29 is 27.1 Å². The number of alkyl halides is 1. The van der Waals surface area contributed by atoms with Crippen molar-refractivity contribution in [1.29, 1.82) is 0 Å². The number of carbonyl (C=O) groups is 1. The van der Waals surface area contributed by atoms with Crippen molar-refractivity contribution in [1.82, 2.24) is 19.7 Å². The summed E-state index contributed by atoms with van der Waals surface area (Å²) in [6, 6.07) is 12.0. The Morgan fingerprint density at radius 2 is 1.93 bits per heavy atom. The molecule has 4 heterocycles. The summed E-state index contributed by atoms with van der Waals surface area (Å²) in [5, 5.41) is 6.61. The first-order chi connectivity index (χ1) is 21.4. The maximum atomic E-state index is 15.3. The number of aryl methyl sites for hydroxylation is 1. The second-order valence-electron chi connectivity index (χ2n) is 12.8. The standard InChI is InChI=1S/C33H38FN5O5S/c1-21-13-22(14-32(40)37-23-16-36-39(17-23)33(2,3)4)5-8-29(21)44-30-9-11-35-28-7-6-25(15-26(28)30)45(41,42)31-10-12-38(18-27(31)34)24-19-43-20-24/h5-9,11,13,15-17,24,27,31H,10,12,14,18-20H2,1-4H3,(H,37,40). The number of hydrogen-bond acceptors (Lipinski definition) is 8. The number of nitrogens with zero attached hydrogens (tertiary/aromatic N) is 4. The fourth-order valence-corrected chi connectivity index (χ4v) is 7.54. The molecule has 45 heavy (non-hydrogen) atoms. The Balaban J connectivity index is 1.16. The van der Waals surface area contributed by atoms with Gasteiger partial charge in [-0.1, -0.05) is 12.1 Å². The highest BCUT2D eigenvalue weighted by Crippen LogP contribution is 2.35. The molecular weight excluding hydrogens is 597 g/mol. The molecule has 12 heteroatoms. The van der Waals surface area contributed by atoms with Gasteiger partial charge in [0.15, 0.2) is 9.84 Å². The molecular formula is C33H38FN5O5S. The van der Waals surface area contributed by atoms with Gasteiger partial charge in [-0.05, 0) is 75.6 Å². The second-order valence-corrected chi connectivity index (χ2v) is 15.0. The molecule has 2 aliphatic rings. The van der Waals surface area contributed by atoms with Crippen LogP contribution in [0, 0.1) is 6.92 Å². The normalized spacial score (nSPS) is 19.8. The summed E-state index contributed by atoms with van der Waals surface area (Å²) in [5.74, 6) is 0.823. The van der Waals surface area contributed by atoms with Gasteiger partial charge in [0.1, 0.15) is 17.7 Å². The van der Waals surface area contributed by atoms with E-state index in [1.165, 1.54) is 12.1 Å². The lowest BCUT2D eigenvalue weighted by Gasteiger charge is -2.42. The van der Waals surface area contributed by atoms with E-state index >= 15 is 4.39 Å². The van der Waals surface area contributed by atoms with Crippen LogP contribution >= 0.6 is 0 Å². The highest BCUT2D eigenvalue weighted by molar-refractivity contribution is 7.92. The molecule has 2 aromatic carbocycles. The Morgan fingerprint density at radius 1 is 1.13 bits per heavy atom. The van der Waals surface area contributed by atoms with Gasteiger partial charge in [-0.15, -0.1) is 0 Å². The molecule has 2 aliphatic heterocycles. The number of piperidine rings is 1. The third kappa shape index (κ3) is 6.58. The van der Waals surface area contributed by atoms with Crippen LogP contribution in [0.1, 0.15) is 38.3 Å². The fourth-order valence-electron chi connectivity index (χ4n) is 5.76. The van der Waals surface area contributed by atoms with E-state index in [4.69, 9.17) is 9.47 Å². The molecule has 2 atom stereocenters. The number of hydrogen-bond donors (Lipinski definition) is 1. The summed E-state index contributed by atoms with van der Waals surface area (Å²) in [5.41, 5.74) is 2.62. The minimum Gasteiger partial charge on any atom is -0.456 e. The van der Waals surface area contributed by atoms with Gasteiger partial charge in [-0.3, -0.25) is 19.4 Å². The van der Waals surface area contributed by atoms with E-state index in [0.29, 0.717) is 47.8 Å². The molecule has 2 saturated heterocycles. The van der Waals surface area contributed by atoms with E-state index in [0.717, 1.165) is 11.1 Å². The van der Waals surface area contributed by atoms with Gasteiger partial charge in [0, 0.05) is 30.9 Å².